The number of benzene rings is 1. The van der Waals surface area contributed by atoms with E-state index in [4.69, 9.17) is 4.74 Å². The zero-order chi connectivity index (χ0) is 21.4. The summed E-state index contributed by atoms with van der Waals surface area (Å²) in [5.41, 5.74) is -0.299. The maximum Gasteiger partial charge on any atom is 0.387 e. The minimum Gasteiger partial charge on any atom is -0.490 e. The number of halogens is 2. The molecule has 0 aromatic heterocycles. The molecule has 28 heavy (non-hydrogen) atoms. The van der Waals surface area contributed by atoms with Gasteiger partial charge in [0, 0.05) is 31.2 Å². The molecule has 0 heterocycles. The quantitative estimate of drug-likeness (QED) is 0.392. The van der Waals surface area contributed by atoms with Gasteiger partial charge in [-0.15, -0.1) is 0 Å². The number of para-hydroxylation sites is 1. The molecule has 0 radical (unpaired) electrons. The Labute approximate surface area is 164 Å². The van der Waals surface area contributed by atoms with Gasteiger partial charge in [0.25, 0.3) is 0 Å². The molecule has 1 rings (SSSR count). The fraction of sp³-hybridized carbons (Fsp3) is 0.588. The molecule has 0 bridgehead atoms. The van der Waals surface area contributed by atoms with Gasteiger partial charge >= 0.3 is 6.61 Å². The van der Waals surface area contributed by atoms with Crippen molar-refractivity contribution in [1.29, 1.82) is 0 Å². The molecule has 0 aliphatic heterocycles. The molecule has 3 N–H and O–H groups in total. The Morgan fingerprint density at radius 3 is 2.50 bits per heavy atom. The van der Waals surface area contributed by atoms with Crippen molar-refractivity contribution in [2.24, 2.45) is 4.99 Å². The molecule has 0 aliphatic carbocycles. The molecule has 0 unspecified atom stereocenters. The average molecular weight is 422 g/mol. The first-order valence-electron chi connectivity index (χ1n) is 8.60. The summed E-state index contributed by atoms with van der Waals surface area (Å²) in [4.78, 5) is 4.05. The Morgan fingerprint density at radius 2 is 1.96 bits per heavy atom. The number of rotatable bonds is 10. The van der Waals surface area contributed by atoms with Crippen molar-refractivity contribution < 1.29 is 26.7 Å². The average Bonchev–Trinajstić information content (AvgIpc) is 2.55. The summed E-state index contributed by atoms with van der Waals surface area (Å²) in [6.45, 7) is 2.89. The first-order chi connectivity index (χ1) is 13.0. The third kappa shape index (κ3) is 8.70. The third-order valence-corrected chi connectivity index (χ3v) is 4.32. The summed E-state index contributed by atoms with van der Waals surface area (Å²) in [5.74, 6) is 0.554. The van der Waals surface area contributed by atoms with Crippen LogP contribution in [0.25, 0.3) is 0 Å². The van der Waals surface area contributed by atoms with Crippen LogP contribution in [0.3, 0.4) is 0 Å². The van der Waals surface area contributed by atoms with Crippen LogP contribution in [0.4, 0.5) is 8.78 Å². The first kappa shape index (κ1) is 23.9. The zero-order valence-electron chi connectivity index (χ0n) is 16.7. The SMILES string of the molecule is CCOc1cccc(CNC(=NC)NCC(C)(C)NS(C)(=O)=O)c1OC(F)F. The van der Waals surface area contributed by atoms with Crippen molar-refractivity contribution in [2.75, 3.05) is 26.5 Å². The number of alkyl halides is 2. The maximum absolute atomic E-state index is 12.8. The highest BCUT2D eigenvalue weighted by Crippen LogP contribution is 2.32. The predicted octanol–water partition coefficient (Wildman–Crippen LogP) is 1.68. The lowest BCUT2D eigenvalue weighted by atomic mass is 10.1. The van der Waals surface area contributed by atoms with Crippen molar-refractivity contribution >= 4 is 16.0 Å². The molecule has 0 fully saturated rings. The number of nitrogens with one attached hydrogen (secondary N) is 3. The Balaban J connectivity index is 2.82. The first-order valence-corrected chi connectivity index (χ1v) is 10.5. The van der Waals surface area contributed by atoms with Crippen LogP contribution in [0.1, 0.15) is 26.3 Å². The lowest BCUT2D eigenvalue weighted by Gasteiger charge is -2.26. The Morgan fingerprint density at radius 1 is 1.29 bits per heavy atom. The number of ether oxygens (including phenoxy) is 2. The van der Waals surface area contributed by atoms with Crippen LogP contribution in [0.2, 0.25) is 0 Å². The van der Waals surface area contributed by atoms with Crippen molar-refractivity contribution in [3.8, 4) is 11.5 Å². The van der Waals surface area contributed by atoms with E-state index < -0.39 is 22.2 Å². The summed E-state index contributed by atoms with van der Waals surface area (Å²) < 4.78 is 60.9. The number of guanidine groups is 1. The standard InChI is InChI=1S/C17H28F2N4O4S/c1-6-26-13-9-7-8-12(14(13)27-15(18)19)10-21-16(20-4)22-11-17(2,3)23-28(5,24)25/h7-9,15,23H,6,10-11H2,1-5H3,(H2,20,21,22). The highest BCUT2D eigenvalue weighted by molar-refractivity contribution is 7.88. The molecule has 11 heteroatoms. The van der Waals surface area contributed by atoms with Gasteiger partial charge in [-0.3, -0.25) is 4.99 Å². The van der Waals surface area contributed by atoms with Gasteiger partial charge in [0.15, 0.2) is 17.5 Å². The third-order valence-electron chi connectivity index (χ3n) is 3.40. The predicted molar refractivity (Wildman–Crippen MR) is 105 cm³/mol. The molecular weight excluding hydrogens is 394 g/mol. The van der Waals surface area contributed by atoms with E-state index in [1.54, 1.807) is 46.0 Å². The minimum absolute atomic E-state index is 0.0404. The van der Waals surface area contributed by atoms with Crippen LogP contribution < -0.4 is 24.8 Å². The van der Waals surface area contributed by atoms with Gasteiger partial charge in [-0.25, -0.2) is 13.1 Å². The Kier molecular flexibility index (Phi) is 8.89. The van der Waals surface area contributed by atoms with Crippen LogP contribution in [-0.4, -0.2) is 53.0 Å². The molecular formula is C17H28F2N4O4S. The summed E-state index contributed by atoms with van der Waals surface area (Å²) in [5, 5.41) is 5.98. The molecule has 0 saturated heterocycles. The molecule has 8 nitrogen and oxygen atoms in total. The molecule has 0 atom stereocenters. The van der Waals surface area contributed by atoms with E-state index in [2.05, 4.69) is 25.1 Å². The summed E-state index contributed by atoms with van der Waals surface area (Å²) in [7, 11) is -1.83. The number of hydrogen-bond acceptors (Lipinski definition) is 5. The van der Waals surface area contributed by atoms with E-state index >= 15 is 0 Å². The second-order valence-corrected chi connectivity index (χ2v) is 8.34. The van der Waals surface area contributed by atoms with Gasteiger partial charge < -0.3 is 20.1 Å². The highest BCUT2D eigenvalue weighted by Gasteiger charge is 2.22. The fourth-order valence-electron chi connectivity index (χ4n) is 2.43. The van der Waals surface area contributed by atoms with E-state index in [-0.39, 0.29) is 24.6 Å². The molecule has 0 amide bonds. The number of sulfonamides is 1. The van der Waals surface area contributed by atoms with E-state index in [1.807, 2.05) is 0 Å². The van der Waals surface area contributed by atoms with Crippen LogP contribution in [-0.2, 0) is 16.6 Å². The van der Waals surface area contributed by atoms with E-state index in [1.165, 1.54) is 0 Å². The summed E-state index contributed by atoms with van der Waals surface area (Å²) >= 11 is 0. The molecule has 0 aliphatic rings. The second kappa shape index (κ2) is 10.4. The Hall–Kier alpha value is -2.14. The molecule has 1 aromatic rings. The fourth-order valence-corrected chi connectivity index (χ4v) is 3.51. The van der Waals surface area contributed by atoms with E-state index in [9.17, 15) is 17.2 Å². The van der Waals surface area contributed by atoms with Crippen molar-refractivity contribution in [1.82, 2.24) is 15.4 Å². The number of nitrogens with zero attached hydrogens (tertiary/aromatic N) is 1. The van der Waals surface area contributed by atoms with Crippen molar-refractivity contribution in [2.45, 2.75) is 39.5 Å². The molecule has 1 aromatic carbocycles. The van der Waals surface area contributed by atoms with Crippen LogP contribution >= 0.6 is 0 Å². The molecule has 0 saturated carbocycles. The topological polar surface area (TPSA) is 101 Å². The van der Waals surface area contributed by atoms with E-state index in [0.29, 0.717) is 18.1 Å². The molecule has 160 valence electrons. The van der Waals surface area contributed by atoms with E-state index in [0.717, 1.165) is 6.26 Å². The van der Waals surface area contributed by atoms with Gasteiger partial charge in [-0.1, -0.05) is 12.1 Å². The Bertz CT molecular complexity index is 770. The largest absolute Gasteiger partial charge is 0.490 e. The summed E-state index contributed by atoms with van der Waals surface area (Å²) in [6.07, 6.45) is 1.08. The monoisotopic (exact) mass is 422 g/mol. The maximum atomic E-state index is 12.8. The van der Waals surface area contributed by atoms with Gasteiger partial charge in [0.2, 0.25) is 10.0 Å². The molecule has 0 spiro atoms. The van der Waals surface area contributed by atoms with Crippen LogP contribution in [0.5, 0.6) is 11.5 Å². The van der Waals surface area contributed by atoms with Gasteiger partial charge in [-0.05, 0) is 26.8 Å². The van der Waals surface area contributed by atoms with Gasteiger partial charge in [0.05, 0.1) is 12.9 Å². The van der Waals surface area contributed by atoms with Crippen molar-refractivity contribution in [3.05, 3.63) is 23.8 Å². The minimum atomic E-state index is -3.37. The number of aliphatic imine (C=N–C) groups is 1. The summed E-state index contributed by atoms with van der Waals surface area (Å²) in [6, 6.07) is 4.86. The second-order valence-electron chi connectivity index (χ2n) is 6.59. The zero-order valence-corrected chi connectivity index (χ0v) is 17.5. The van der Waals surface area contributed by atoms with Gasteiger partial charge in [-0.2, -0.15) is 8.78 Å². The highest BCUT2D eigenvalue weighted by atomic mass is 32.2. The normalized spacial score (nSPS) is 12.8. The number of hydrogen-bond donors (Lipinski definition) is 3. The lowest BCUT2D eigenvalue weighted by molar-refractivity contribution is -0.0520. The lowest BCUT2D eigenvalue weighted by Crippen LogP contribution is -2.52. The van der Waals surface area contributed by atoms with Gasteiger partial charge in [0.1, 0.15) is 0 Å². The van der Waals surface area contributed by atoms with Crippen LogP contribution in [0, 0.1) is 0 Å². The van der Waals surface area contributed by atoms with Crippen molar-refractivity contribution in [3.63, 3.8) is 0 Å². The van der Waals surface area contributed by atoms with Crippen LogP contribution in [0.15, 0.2) is 23.2 Å². The smallest absolute Gasteiger partial charge is 0.387 e.